The fourth-order valence-corrected chi connectivity index (χ4v) is 4.81. The number of carbonyl (C=O) groups excluding carboxylic acids is 1. The number of amides is 1. The minimum atomic E-state index is -0.154. The smallest absolute Gasteiger partial charge is 0.249 e. The molecule has 0 aliphatic carbocycles. The molecule has 2 aromatic heterocycles. The highest BCUT2D eigenvalue weighted by atomic mass is 16.5. The number of aryl methyl sites for hydroxylation is 1. The summed E-state index contributed by atoms with van der Waals surface area (Å²) in [5.41, 5.74) is 0.762. The summed E-state index contributed by atoms with van der Waals surface area (Å²) >= 11 is 0. The number of carbonyl (C=O) groups is 1. The number of hydrogen-bond donors (Lipinski definition) is 0. The molecular formula is C25H31N5O6. The Bertz CT molecular complexity index is 1170. The van der Waals surface area contributed by atoms with E-state index in [1.165, 1.54) is 0 Å². The van der Waals surface area contributed by atoms with Crippen LogP contribution in [0.1, 0.15) is 68.1 Å². The zero-order valence-corrected chi connectivity index (χ0v) is 20.6. The van der Waals surface area contributed by atoms with Gasteiger partial charge in [0.05, 0.1) is 14.2 Å². The Labute approximate surface area is 209 Å². The van der Waals surface area contributed by atoms with Gasteiger partial charge in [0.1, 0.15) is 6.04 Å². The molecule has 1 amide bonds. The van der Waals surface area contributed by atoms with Gasteiger partial charge in [0.25, 0.3) is 0 Å². The zero-order chi connectivity index (χ0) is 24.9. The van der Waals surface area contributed by atoms with E-state index in [1.807, 2.05) is 11.0 Å². The van der Waals surface area contributed by atoms with Crippen molar-refractivity contribution in [2.45, 2.75) is 56.9 Å². The van der Waals surface area contributed by atoms with Crippen LogP contribution in [0.15, 0.2) is 27.2 Å². The maximum Gasteiger partial charge on any atom is 0.249 e. The number of benzene rings is 1. The molecule has 0 N–H and O–H groups in total. The van der Waals surface area contributed by atoms with Crippen molar-refractivity contribution in [3.05, 3.63) is 35.8 Å². The largest absolute Gasteiger partial charge is 0.493 e. The van der Waals surface area contributed by atoms with Gasteiger partial charge in [-0.3, -0.25) is 4.79 Å². The van der Waals surface area contributed by atoms with Crippen molar-refractivity contribution in [2.24, 2.45) is 0 Å². The molecule has 192 valence electrons. The first-order valence-corrected chi connectivity index (χ1v) is 12.4. The topological polar surface area (TPSA) is 126 Å². The standard InChI is InChI=1S/C25H31N5O6/c1-32-19-9-8-17(15-20(19)33-2)24-26-21(35-28-24)6-3-7-22(31)30-12-4-5-18(30)25-27-23(29-36-25)16-10-13-34-14-11-16/h8-9,15-16,18H,3-7,10-14H2,1-2H3. The normalized spacial score (nSPS) is 18.5. The molecule has 1 unspecified atom stereocenters. The van der Waals surface area contributed by atoms with Crippen molar-refractivity contribution in [1.29, 1.82) is 0 Å². The lowest BCUT2D eigenvalue weighted by Crippen LogP contribution is -2.30. The predicted octanol–water partition coefficient (Wildman–Crippen LogP) is 3.72. The van der Waals surface area contributed by atoms with E-state index in [9.17, 15) is 4.79 Å². The van der Waals surface area contributed by atoms with Crippen LogP contribution in [0.4, 0.5) is 0 Å². The lowest BCUT2D eigenvalue weighted by molar-refractivity contribution is -0.132. The van der Waals surface area contributed by atoms with Crippen molar-refractivity contribution >= 4 is 5.91 Å². The second kappa shape index (κ2) is 11.1. The van der Waals surface area contributed by atoms with Crippen molar-refractivity contribution < 1.29 is 28.1 Å². The number of ether oxygens (including phenoxy) is 3. The van der Waals surface area contributed by atoms with Crippen molar-refractivity contribution in [3.8, 4) is 22.9 Å². The lowest BCUT2D eigenvalue weighted by atomic mass is 10.00. The second-order valence-corrected chi connectivity index (χ2v) is 9.06. The molecule has 11 nitrogen and oxygen atoms in total. The Kier molecular flexibility index (Phi) is 7.45. The molecule has 3 aromatic rings. The minimum Gasteiger partial charge on any atom is -0.493 e. The van der Waals surface area contributed by atoms with Gasteiger partial charge in [-0.25, -0.2) is 0 Å². The van der Waals surface area contributed by atoms with E-state index in [-0.39, 0.29) is 17.9 Å². The van der Waals surface area contributed by atoms with Gasteiger partial charge >= 0.3 is 0 Å². The van der Waals surface area contributed by atoms with Crippen LogP contribution in [0.2, 0.25) is 0 Å². The second-order valence-electron chi connectivity index (χ2n) is 9.06. The number of nitrogens with zero attached hydrogens (tertiary/aromatic N) is 5. The van der Waals surface area contributed by atoms with E-state index in [2.05, 4.69) is 20.3 Å². The summed E-state index contributed by atoms with van der Waals surface area (Å²) in [6.45, 7) is 2.14. The van der Waals surface area contributed by atoms with E-state index in [0.29, 0.717) is 54.9 Å². The van der Waals surface area contributed by atoms with Gasteiger partial charge < -0.3 is 28.2 Å². The van der Waals surface area contributed by atoms with Gasteiger partial charge in [0.2, 0.25) is 23.5 Å². The molecule has 5 rings (SSSR count). The highest BCUT2D eigenvalue weighted by Gasteiger charge is 2.34. The van der Waals surface area contributed by atoms with E-state index < -0.39 is 0 Å². The highest BCUT2D eigenvalue weighted by molar-refractivity contribution is 5.76. The Balaban J connectivity index is 1.15. The van der Waals surface area contributed by atoms with Crippen LogP contribution in [0.3, 0.4) is 0 Å². The van der Waals surface area contributed by atoms with E-state index in [4.69, 9.17) is 23.3 Å². The predicted molar refractivity (Wildman–Crippen MR) is 127 cm³/mol. The lowest BCUT2D eigenvalue weighted by Gasteiger charge is -2.22. The highest BCUT2D eigenvalue weighted by Crippen LogP contribution is 2.34. The van der Waals surface area contributed by atoms with Gasteiger partial charge in [-0.2, -0.15) is 9.97 Å². The quantitative estimate of drug-likeness (QED) is 0.432. The van der Waals surface area contributed by atoms with Gasteiger partial charge in [-0.1, -0.05) is 10.3 Å². The average molecular weight is 498 g/mol. The SMILES string of the molecule is COc1ccc(-c2noc(CCCC(=O)N3CCCC3c3nc(C4CCOCC4)no3)n2)cc1OC. The van der Waals surface area contributed by atoms with Crippen LogP contribution in [0, 0.1) is 0 Å². The molecule has 0 saturated carbocycles. The summed E-state index contributed by atoms with van der Waals surface area (Å²) in [5, 5.41) is 8.28. The zero-order valence-electron chi connectivity index (χ0n) is 20.6. The minimum absolute atomic E-state index is 0.0722. The molecule has 11 heteroatoms. The summed E-state index contributed by atoms with van der Waals surface area (Å²) in [6, 6.07) is 5.29. The summed E-state index contributed by atoms with van der Waals surface area (Å²) in [7, 11) is 3.16. The molecule has 0 radical (unpaired) electrons. The van der Waals surface area contributed by atoms with Crippen LogP contribution in [-0.2, 0) is 16.0 Å². The Morgan fingerprint density at radius 3 is 2.69 bits per heavy atom. The number of aromatic nitrogens is 4. The Morgan fingerprint density at radius 2 is 1.89 bits per heavy atom. The molecule has 0 bridgehead atoms. The van der Waals surface area contributed by atoms with E-state index >= 15 is 0 Å². The van der Waals surface area contributed by atoms with Crippen LogP contribution >= 0.6 is 0 Å². The van der Waals surface area contributed by atoms with Crippen molar-refractivity contribution in [1.82, 2.24) is 25.2 Å². The van der Waals surface area contributed by atoms with Gasteiger partial charge in [0.15, 0.2) is 17.3 Å². The molecule has 2 aliphatic rings. The van der Waals surface area contributed by atoms with Gasteiger partial charge in [0, 0.05) is 44.1 Å². The summed E-state index contributed by atoms with van der Waals surface area (Å²) in [4.78, 5) is 24.0. The van der Waals surface area contributed by atoms with Crippen molar-refractivity contribution in [3.63, 3.8) is 0 Å². The number of likely N-dealkylation sites (tertiary alicyclic amines) is 1. The average Bonchev–Trinajstić information content (AvgIpc) is 3.69. The molecule has 1 atom stereocenters. The fraction of sp³-hybridized carbons (Fsp3) is 0.560. The summed E-state index contributed by atoms with van der Waals surface area (Å²) < 4.78 is 27.0. The van der Waals surface area contributed by atoms with Gasteiger partial charge in [-0.15, -0.1) is 0 Å². The summed E-state index contributed by atoms with van der Waals surface area (Å²) in [5.74, 6) is 3.78. The Morgan fingerprint density at radius 1 is 1.06 bits per heavy atom. The molecule has 2 fully saturated rings. The molecule has 2 aliphatic heterocycles. The molecule has 2 saturated heterocycles. The van der Waals surface area contributed by atoms with Gasteiger partial charge in [-0.05, 0) is 50.3 Å². The van der Waals surface area contributed by atoms with Crippen LogP contribution in [-0.4, -0.2) is 65.1 Å². The maximum atomic E-state index is 13.0. The first-order valence-electron chi connectivity index (χ1n) is 12.4. The first kappa shape index (κ1) is 24.2. The third-order valence-electron chi connectivity index (χ3n) is 6.79. The third-order valence-corrected chi connectivity index (χ3v) is 6.79. The van der Waals surface area contributed by atoms with Crippen LogP contribution in [0.5, 0.6) is 11.5 Å². The van der Waals surface area contributed by atoms with Crippen LogP contribution < -0.4 is 9.47 Å². The molecule has 1 aromatic carbocycles. The Hall–Kier alpha value is -3.47. The molecule has 4 heterocycles. The molecule has 36 heavy (non-hydrogen) atoms. The summed E-state index contributed by atoms with van der Waals surface area (Å²) in [6.07, 6.45) is 5.05. The number of hydrogen-bond acceptors (Lipinski definition) is 10. The molecular weight excluding hydrogens is 466 g/mol. The third kappa shape index (κ3) is 5.20. The fourth-order valence-electron chi connectivity index (χ4n) is 4.81. The van der Waals surface area contributed by atoms with Crippen LogP contribution in [0.25, 0.3) is 11.4 Å². The first-order chi connectivity index (χ1) is 17.7. The maximum absolute atomic E-state index is 13.0. The van der Waals surface area contributed by atoms with E-state index in [1.54, 1.807) is 26.4 Å². The number of rotatable bonds is 9. The molecule has 0 spiro atoms. The van der Waals surface area contributed by atoms with Crippen molar-refractivity contribution in [2.75, 3.05) is 34.0 Å². The van der Waals surface area contributed by atoms with E-state index in [0.717, 1.165) is 50.3 Å². The number of methoxy groups -OCH3 is 2. The monoisotopic (exact) mass is 497 g/mol.